The van der Waals surface area contributed by atoms with Gasteiger partial charge < -0.3 is 16.0 Å². The van der Waals surface area contributed by atoms with Gasteiger partial charge in [-0.2, -0.15) is 0 Å². The molecular weight excluding hydrogens is 336 g/mol. The Morgan fingerprint density at radius 1 is 1.19 bits per heavy atom. The van der Waals surface area contributed by atoms with Gasteiger partial charge in [0.05, 0.1) is 23.3 Å². The van der Waals surface area contributed by atoms with Crippen LogP contribution in [0.25, 0.3) is 0 Å². The smallest absolute Gasteiger partial charge is 0.233 e. The number of carbonyl (C=O) groups excluding carboxylic acids is 1. The molecule has 5 nitrogen and oxygen atoms in total. The van der Waals surface area contributed by atoms with Crippen molar-refractivity contribution in [2.45, 2.75) is 38.5 Å². The summed E-state index contributed by atoms with van der Waals surface area (Å²) < 4.78 is 0. The van der Waals surface area contributed by atoms with Gasteiger partial charge in [0, 0.05) is 18.8 Å². The van der Waals surface area contributed by atoms with Crippen molar-refractivity contribution in [2.75, 3.05) is 23.8 Å². The molecule has 1 heterocycles. The van der Waals surface area contributed by atoms with Gasteiger partial charge in [-0.3, -0.25) is 9.79 Å². The summed E-state index contributed by atoms with van der Waals surface area (Å²) in [5, 5.41) is 3.38. The Balaban J connectivity index is 1.56. The van der Waals surface area contributed by atoms with Gasteiger partial charge in [-0.05, 0) is 68.4 Å². The molecule has 5 aliphatic rings. The average molecular weight is 364 g/mol. The molecule has 3 N–H and O–H groups in total. The van der Waals surface area contributed by atoms with E-state index in [-0.39, 0.29) is 5.41 Å². The quantitative estimate of drug-likeness (QED) is 0.801. The second-order valence-electron chi connectivity index (χ2n) is 9.00. The maximum absolute atomic E-state index is 14.0. The van der Waals surface area contributed by atoms with Crippen LogP contribution < -0.4 is 16.0 Å². The second-order valence-corrected chi connectivity index (χ2v) is 9.00. The van der Waals surface area contributed by atoms with Crippen LogP contribution in [0.3, 0.4) is 0 Å². The summed E-state index contributed by atoms with van der Waals surface area (Å²) >= 11 is 0. The van der Waals surface area contributed by atoms with Crippen LogP contribution in [0.15, 0.2) is 41.0 Å². The number of para-hydroxylation sites is 2. The highest BCUT2D eigenvalue weighted by atomic mass is 16.2. The Morgan fingerprint density at radius 2 is 1.81 bits per heavy atom. The van der Waals surface area contributed by atoms with Crippen molar-refractivity contribution >= 4 is 23.1 Å². The normalized spacial score (nSPS) is 37.2. The summed E-state index contributed by atoms with van der Waals surface area (Å²) in [7, 11) is 1.75. The predicted molar refractivity (Wildman–Crippen MR) is 109 cm³/mol. The van der Waals surface area contributed by atoms with E-state index < -0.39 is 0 Å². The molecule has 0 atom stereocenters. The summed E-state index contributed by atoms with van der Waals surface area (Å²) in [6.45, 7) is 0.480. The van der Waals surface area contributed by atoms with Crippen LogP contribution in [0.2, 0.25) is 0 Å². The number of hydrogen-bond donors (Lipinski definition) is 2. The molecule has 5 heteroatoms. The van der Waals surface area contributed by atoms with Crippen LogP contribution >= 0.6 is 0 Å². The van der Waals surface area contributed by atoms with Gasteiger partial charge in [-0.1, -0.05) is 12.1 Å². The van der Waals surface area contributed by atoms with Crippen molar-refractivity contribution in [3.8, 4) is 0 Å². The first-order valence-electron chi connectivity index (χ1n) is 10.2. The van der Waals surface area contributed by atoms with E-state index in [0.29, 0.717) is 12.5 Å². The number of benzene rings is 1. The minimum atomic E-state index is -0.171. The number of hydrogen-bond acceptors (Lipinski definition) is 3. The van der Waals surface area contributed by atoms with E-state index in [1.165, 1.54) is 19.3 Å². The Morgan fingerprint density at radius 3 is 2.41 bits per heavy atom. The number of nitrogens with one attached hydrogen (secondary N) is 1. The summed E-state index contributed by atoms with van der Waals surface area (Å²) in [5.41, 5.74) is 8.48. The van der Waals surface area contributed by atoms with Gasteiger partial charge in [-0.25, -0.2) is 0 Å². The molecule has 142 valence electrons. The fourth-order valence-electron chi connectivity index (χ4n) is 6.52. The second kappa shape index (κ2) is 6.11. The molecule has 4 fully saturated rings. The van der Waals surface area contributed by atoms with E-state index in [0.717, 1.165) is 59.8 Å². The zero-order valence-electron chi connectivity index (χ0n) is 15.9. The highest BCUT2D eigenvalue weighted by Gasteiger charge is 2.56. The number of nitrogens with zero attached hydrogens (tertiary/aromatic N) is 2. The number of amides is 1. The Labute approximate surface area is 160 Å². The van der Waals surface area contributed by atoms with Crippen LogP contribution in [0, 0.1) is 23.2 Å². The Kier molecular flexibility index (Phi) is 3.81. The molecule has 0 saturated heterocycles. The molecule has 0 unspecified atom stereocenters. The van der Waals surface area contributed by atoms with Crippen molar-refractivity contribution in [1.29, 1.82) is 0 Å². The molecule has 1 aliphatic heterocycles. The van der Waals surface area contributed by atoms with Crippen LogP contribution in [0.4, 0.5) is 11.4 Å². The molecule has 6 rings (SSSR count). The van der Waals surface area contributed by atoms with Crippen LogP contribution in [0.1, 0.15) is 38.5 Å². The highest BCUT2D eigenvalue weighted by Crippen LogP contribution is 2.61. The fourth-order valence-corrected chi connectivity index (χ4v) is 6.52. The number of amidine groups is 1. The lowest BCUT2D eigenvalue weighted by Gasteiger charge is -2.56. The minimum absolute atomic E-state index is 0.171. The number of aliphatic imine (C=N–C) groups is 1. The average Bonchev–Trinajstić information content (AvgIpc) is 2.82. The lowest BCUT2D eigenvalue weighted by molar-refractivity contribution is -0.143. The van der Waals surface area contributed by atoms with Gasteiger partial charge in [0.15, 0.2) is 0 Å². The van der Waals surface area contributed by atoms with E-state index in [2.05, 4.69) is 10.3 Å². The zero-order valence-corrected chi connectivity index (χ0v) is 15.9. The molecule has 1 aromatic rings. The molecule has 0 spiro atoms. The SMILES string of the molecule is CN=C1Nc2ccccc2N(C(=O)C23CC4CC(CC(C4)C2)C3)CC1=CN. The predicted octanol–water partition coefficient (Wildman–Crippen LogP) is 3.53. The number of carbonyl (C=O) groups is 1. The van der Waals surface area contributed by atoms with Gasteiger partial charge in [0.25, 0.3) is 0 Å². The molecule has 4 bridgehead atoms. The van der Waals surface area contributed by atoms with Crippen LogP contribution in [0.5, 0.6) is 0 Å². The number of rotatable bonds is 1. The first kappa shape index (κ1) is 16.8. The van der Waals surface area contributed by atoms with E-state index >= 15 is 0 Å². The number of fused-ring (bicyclic) bond motifs is 1. The first-order valence-corrected chi connectivity index (χ1v) is 10.2. The maximum Gasteiger partial charge on any atom is 0.233 e. The lowest BCUT2D eigenvalue weighted by atomic mass is 9.49. The van der Waals surface area contributed by atoms with Gasteiger partial charge in [-0.15, -0.1) is 0 Å². The van der Waals surface area contributed by atoms with E-state index in [9.17, 15) is 4.79 Å². The van der Waals surface area contributed by atoms with Crippen molar-refractivity contribution < 1.29 is 4.79 Å². The highest BCUT2D eigenvalue weighted by molar-refractivity contribution is 6.14. The lowest BCUT2D eigenvalue weighted by Crippen LogP contribution is -2.55. The standard InChI is InChI=1S/C22H28N4O/c1-24-20-17(12-23)13-26(19-5-3-2-4-18(19)25-20)21(27)22-9-14-6-15(10-22)8-16(7-14)11-22/h2-5,12,14-16H,6-11,13,23H2,1H3,(H,24,25). The van der Waals surface area contributed by atoms with E-state index in [4.69, 9.17) is 5.73 Å². The van der Waals surface area contributed by atoms with Crippen molar-refractivity contribution in [1.82, 2.24) is 0 Å². The van der Waals surface area contributed by atoms with E-state index in [1.807, 2.05) is 29.2 Å². The summed E-state index contributed by atoms with van der Waals surface area (Å²) in [6, 6.07) is 8.04. The molecule has 1 aromatic carbocycles. The molecule has 4 saturated carbocycles. The summed E-state index contributed by atoms with van der Waals surface area (Å²) in [6.07, 6.45) is 8.81. The molecule has 0 radical (unpaired) electrons. The van der Waals surface area contributed by atoms with Gasteiger partial charge in [0.2, 0.25) is 5.91 Å². The van der Waals surface area contributed by atoms with E-state index in [1.54, 1.807) is 13.2 Å². The topological polar surface area (TPSA) is 70.7 Å². The minimum Gasteiger partial charge on any atom is -0.404 e. The Bertz CT molecular complexity index is 805. The van der Waals surface area contributed by atoms with Crippen LogP contribution in [-0.2, 0) is 4.79 Å². The van der Waals surface area contributed by atoms with Gasteiger partial charge >= 0.3 is 0 Å². The van der Waals surface area contributed by atoms with Crippen molar-refractivity contribution in [2.24, 2.45) is 33.9 Å². The summed E-state index contributed by atoms with van der Waals surface area (Å²) in [5.74, 6) is 3.28. The monoisotopic (exact) mass is 364 g/mol. The number of nitrogens with two attached hydrogens (primary N) is 1. The number of anilines is 2. The third kappa shape index (κ3) is 2.59. The molecule has 27 heavy (non-hydrogen) atoms. The summed E-state index contributed by atoms with van der Waals surface area (Å²) in [4.78, 5) is 20.4. The first-order chi connectivity index (χ1) is 13.1. The largest absolute Gasteiger partial charge is 0.404 e. The van der Waals surface area contributed by atoms with Gasteiger partial charge in [0.1, 0.15) is 5.84 Å². The molecular formula is C22H28N4O. The Hall–Kier alpha value is -2.30. The zero-order chi connectivity index (χ0) is 18.6. The van der Waals surface area contributed by atoms with Crippen LogP contribution in [-0.4, -0.2) is 25.3 Å². The molecule has 1 amide bonds. The van der Waals surface area contributed by atoms with Crippen molar-refractivity contribution in [3.05, 3.63) is 36.0 Å². The third-order valence-electron chi connectivity index (χ3n) is 7.24. The molecule has 0 aromatic heterocycles. The third-order valence-corrected chi connectivity index (χ3v) is 7.24. The van der Waals surface area contributed by atoms with Crippen molar-refractivity contribution in [3.63, 3.8) is 0 Å². The molecule has 4 aliphatic carbocycles. The maximum atomic E-state index is 14.0. The fraction of sp³-hybridized carbons (Fsp3) is 0.545.